The Morgan fingerprint density at radius 2 is 2.00 bits per heavy atom. The van der Waals surface area contributed by atoms with Gasteiger partial charge in [0, 0.05) is 13.1 Å². The molecule has 0 spiro atoms. The van der Waals surface area contributed by atoms with Gasteiger partial charge in [0.05, 0.1) is 7.11 Å². The summed E-state index contributed by atoms with van der Waals surface area (Å²) in [6.07, 6.45) is 0.314. The first kappa shape index (κ1) is 14.8. The molecule has 1 atom stereocenters. The maximum Gasteiger partial charge on any atom is 0.411 e. The largest absolute Gasteiger partial charge is 0.467 e. The molecule has 0 radical (unpaired) electrons. The topological polar surface area (TPSA) is 67.9 Å². The maximum atomic E-state index is 12.1. The number of carbonyl (C=O) groups is 2. The van der Waals surface area contributed by atoms with Crippen LogP contribution in [0.25, 0.3) is 0 Å². The van der Waals surface area contributed by atoms with Crippen molar-refractivity contribution in [1.29, 1.82) is 0 Å². The van der Waals surface area contributed by atoms with Gasteiger partial charge in [0.1, 0.15) is 11.6 Å². The van der Waals surface area contributed by atoms with Gasteiger partial charge in [-0.25, -0.2) is 9.59 Å². The van der Waals surface area contributed by atoms with Crippen LogP contribution >= 0.6 is 0 Å². The molecule has 104 valence electrons. The van der Waals surface area contributed by atoms with Crippen molar-refractivity contribution in [3.05, 3.63) is 0 Å². The van der Waals surface area contributed by atoms with E-state index in [0.29, 0.717) is 13.1 Å². The van der Waals surface area contributed by atoms with Crippen LogP contribution in [0.2, 0.25) is 0 Å². The first-order chi connectivity index (χ1) is 8.35. The summed E-state index contributed by atoms with van der Waals surface area (Å²) in [6.45, 7) is 7.05. The molecule has 1 saturated heterocycles. The molecule has 1 heterocycles. The van der Waals surface area contributed by atoms with Crippen molar-refractivity contribution in [2.45, 2.75) is 38.8 Å². The monoisotopic (exact) mass is 258 g/mol. The Morgan fingerprint density at radius 1 is 1.33 bits per heavy atom. The lowest BCUT2D eigenvalue weighted by Crippen LogP contribution is -2.50. The molecule has 0 aromatic heterocycles. The molecule has 0 aromatic carbocycles. The van der Waals surface area contributed by atoms with Gasteiger partial charge < -0.3 is 14.8 Å². The van der Waals surface area contributed by atoms with Crippen LogP contribution in [0, 0.1) is 0 Å². The minimum atomic E-state index is -0.618. The predicted molar refractivity (Wildman–Crippen MR) is 66.2 cm³/mol. The summed E-state index contributed by atoms with van der Waals surface area (Å²) in [6, 6.07) is -0.618. The fourth-order valence-electron chi connectivity index (χ4n) is 1.76. The van der Waals surface area contributed by atoms with Gasteiger partial charge in [0.15, 0.2) is 0 Å². The van der Waals surface area contributed by atoms with Crippen LogP contribution in [0.1, 0.15) is 27.2 Å². The number of methoxy groups -OCH3 is 1. The van der Waals surface area contributed by atoms with Crippen LogP contribution < -0.4 is 5.32 Å². The number of hydrogen-bond acceptors (Lipinski definition) is 5. The van der Waals surface area contributed by atoms with Gasteiger partial charge in [0.2, 0.25) is 0 Å². The average Bonchev–Trinajstić information content (AvgIpc) is 2.50. The highest BCUT2D eigenvalue weighted by atomic mass is 16.6. The zero-order chi connectivity index (χ0) is 13.8. The van der Waals surface area contributed by atoms with Crippen LogP contribution in [-0.4, -0.2) is 55.3 Å². The van der Waals surface area contributed by atoms with Gasteiger partial charge in [-0.2, -0.15) is 0 Å². The predicted octanol–water partition coefficient (Wildman–Crippen LogP) is 0.758. The Labute approximate surface area is 108 Å². The lowest BCUT2D eigenvalue weighted by Gasteiger charge is -2.30. The number of ether oxygens (including phenoxy) is 2. The van der Waals surface area contributed by atoms with E-state index in [9.17, 15) is 9.59 Å². The van der Waals surface area contributed by atoms with Gasteiger partial charge in [0.25, 0.3) is 0 Å². The Bertz CT molecular complexity index is 312. The van der Waals surface area contributed by atoms with Gasteiger partial charge >= 0.3 is 12.1 Å². The third-order valence-corrected chi connectivity index (χ3v) is 2.57. The highest BCUT2D eigenvalue weighted by Crippen LogP contribution is 2.14. The number of nitrogens with one attached hydrogen (secondary N) is 1. The van der Waals surface area contributed by atoms with Crippen molar-refractivity contribution >= 4 is 12.1 Å². The van der Waals surface area contributed by atoms with E-state index in [1.54, 1.807) is 20.8 Å². The highest BCUT2D eigenvalue weighted by Gasteiger charge is 2.34. The molecule has 1 rings (SSSR count). The van der Waals surface area contributed by atoms with Crippen molar-refractivity contribution in [2.24, 2.45) is 0 Å². The normalized spacial score (nSPS) is 21.1. The molecule has 0 aromatic rings. The zero-order valence-corrected chi connectivity index (χ0v) is 11.5. The minimum Gasteiger partial charge on any atom is -0.467 e. The first-order valence-corrected chi connectivity index (χ1v) is 6.13. The molecule has 1 fully saturated rings. The standard InChI is InChI=1S/C12H22N2O4/c1-12(2,3)18-11(16)14-7-5-6-13-8-9(14)10(15)17-4/h9,13H,5-8H2,1-4H3. The lowest BCUT2D eigenvalue weighted by atomic mass is 10.2. The van der Waals surface area contributed by atoms with E-state index in [4.69, 9.17) is 9.47 Å². The Kier molecular flexibility index (Phi) is 4.95. The summed E-state index contributed by atoms with van der Waals surface area (Å²) < 4.78 is 10.0. The summed E-state index contributed by atoms with van der Waals surface area (Å²) in [4.78, 5) is 25.2. The summed E-state index contributed by atoms with van der Waals surface area (Å²) in [5.74, 6) is -0.421. The first-order valence-electron chi connectivity index (χ1n) is 6.13. The maximum absolute atomic E-state index is 12.1. The fraction of sp³-hybridized carbons (Fsp3) is 0.833. The highest BCUT2D eigenvalue weighted by molar-refractivity contribution is 5.81. The zero-order valence-electron chi connectivity index (χ0n) is 11.5. The fourth-order valence-corrected chi connectivity index (χ4v) is 1.76. The number of esters is 1. The molecule has 1 N–H and O–H groups in total. The van der Waals surface area contributed by atoms with E-state index in [1.165, 1.54) is 12.0 Å². The molecule has 1 amide bonds. The van der Waals surface area contributed by atoms with E-state index >= 15 is 0 Å². The number of hydrogen-bond donors (Lipinski definition) is 1. The van der Waals surface area contributed by atoms with Crippen molar-refractivity contribution in [2.75, 3.05) is 26.7 Å². The van der Waals surface area contributed by atoms with Gasteiger partial charge in [-0.15, -0.1) is 0 Å². The van der Waals surface area contributed by atoms with Crippen LogP contribution in [0.15, 0.2) is 0 Å². The van der Waals surface area contributed by atoms with Crippen molar-refractivity contribution in [3.63, 3.8) is 0 Å². The smallest absolute Gasteiger partial charge is 0.411 e. The van der Waals surface area contributed by atoms with E-state index in [1.807, 2.05) is 0 Å². The number of carbonyl (C=O) groups excluding carboxylic acids is 2. The van der Waals surface area contributed by atoms with Crippen molar-refractivity contribution in [1.82, 2.24) is 10.2 Å². The molecule has 0 saturated carbocycles. The summed E-state index contributed by atoms with van der Waals surface area (Å²) in [5.41, 5.74) is -0.572. The number of rotatable bonds is 1. The SMILES string of the molecule is COC(=O)C1CNCCCN1C(=O)OC(C)(C)C. The number of amides is 1. The molecule has 0 aliphatic carbocycles. The van der Waals surface area contributed by atoms with Crippen LogP contribution in [0.3, 0.4) is 0 Å². The van der Waals surface area contributed by atoms with E-state index in [-0.39, 0.29) is 0 Å². The molecule has 1 aliphatic rings. The Balaban J connectivity index is 2.79. The molecule has 18 heavy (non-hydrogen) atoms. The third-order valence-electron chi connectivity index (χ3n) is 2.57. The lowest BCUT2D eigenvalue weighted by molar-refractivity contribution is -0.146. The summed E-state index contributed by atoms with van der Waals surface area (Å²) in [7, 11) is 1.32. The molecule has 1 aliphatic heterocycles. The number of nitrogens with zero attached hydrogens (tertiary/aromatic N) is 1. The van der Waals surface area contributed by atoms with Crippen LogP contribution in [0.4, 0.5) is 4.79 Å². The molecule has 6 heteroatoms. The second kappa shape index (κ2) is 6.04. The van der Waals surface area contributed by atoms with E-state index in [2.05, 4.69) is 5.32 Å². The third kappa shape index (κ3) is 4.18. The second-order valence-electron chi connectivity index (χ2n) is 5.27. The van der Waals surface area contributed by atoms with E-state index in [0.717, 1.165) is 13.0 Å². The quantitative estimate of drug-likeness (QED) is 0.703. The van der Waals surface area contributed by atoms with Crippen molar-refractivity contribution < 1.29 is 19.1 Å². The van der Waals surface area contributed by atoms with Gasteiger partial charge in [-0.1, -0.05) is 0 Å². The van der Waals surface area contributed by atoms with Gasteiger partial charge in [-0.05, 0) is 33.7 Å². The van der Waals surface area contributed by atoms with Crippen LogP contribution in [-0.2, 0) is 14.3 Å². The molecule has 6 nitrogen and oxygen atoms in total. The molecular weight excluding hydrogens is 236 g/mol. The van der Waals surface area contributed by atoms with Crippen LogP contribution in [0.5, 0.6) is 0 Å². The van der Waals surface area contributed by atoms with E-state index < -0.39 is 23.7 Å². The molecule has 1 unspecified atom stereocenters. The summed E-state index contributed by atoms with van der Waals surface area (Å²) in [5, 5.41) is 3.11. The Hall–Kier alpha value is -1.30. The second-order valence-corrected chi connectivity index (χ2v) is 5.27. The average molecular weight is 258 g/mol. The minimum absolute atomic E-state index is 0.395. The summed E-state index contributed by atoms with van der Waals surface area (Å²) >= 11 is 0. The Morgan fingerprint density at radius 3 is 2.56 bits per heavy atom. The van der Waals surface area contributed by atoms with Crippen molar-refractivity contribution in [3.8, 4) is 0 Å². The van der Waals surface area contributed by atoms with Gasteiger partial charge in [-0.3, -0.25) is 4.90 Å². The molecule has 0 bridgehead atoms. The molecular formula is C12H22N2O4.